The minimum atomic E-state index is -4.41. The van der Waals surface area contributed by atoms with Crippen molar-refractivity contribution in [2.45, 2.75) is 63.2 Å². The number of carbonyl (C=O) groups excluding carboxylic acids is 1. The van der Waals surface area contributed by atoms with Gasteiger partial charge in [0, 0.05) is 19.1 Å². The number of nitrogens with zero attached hydrogens (tertiary/aromatic N) is 2. The zero-order valence-electron chi connectivity index (χ0n) is 12.0. The van der Waals surface area contributed by atoms with Gasteiger partial charge in [0.1, 0.15) is 6.42 Å². The summed E-state index contributed by atoms with van der Waals surface area (Å²) in [5.41, 5.74) is 0. The largest absolute Gasteiger partial charge is 0.397 e. The van der Waals surface area contributed by atoms with Gasteiger partial charge in [-0.05, 0) is 38.8 Å². The van der Waals surface area contributed by atoms with Crippen molar-refractivity contribution in [1.82, 2.24) is 9.80 Å². The average molecular weight is 292 g/mol. The van der Waals surface area contributed by atoms with Crippen LogP contribution in [-0.2, 0) is 4.79 Å². The smallest absolute Gasteiger partial charge is 0.341 e. The van der Waals surface area contributed by atoms with Crippen molar-refractivity contribution in [1.29, 1.82) is 0 Å². The van der Waals surface area contributed by atoms with Crippen LogP contribution in [0.25, 0.3) is 0 Å². The molecule has 1 heterocycles. The van der Waals surface area contributed by atoms with Gasteiger partial charge in [0.25, 0.3) is 0 Å². The predicted octanol–water partition coefficient (Wildman–Crippen LogP) is 2.80. The maximum Gasteiger partial charge on any atom is 0.397 e. The van der Waals surface area contributed by atoms with Crippen LogP contribution in [0.2, 0.25) is 0 Å². The summed E-state index contributed by atoms with van der Waals surface area (Å²) in [4.78, 5) is 15.5. The van der Waals surface area contributed by atoms with Gasteiger partial charge in [0.15, 0.2) is 0 Å². The topological polar surface area (TPSA) is 23.6 Å². The monoisotopic (exact) mass is 292 g/mol. The molecule has 0 aromatic carbocycles. The van der Waals surface area contributed by atoms with Crippen LogP contribution >= 0.6 is 0 Å². The van der Waals surface area contributed by atoms with E-state index in [1.807, 2.05) is 0 Å². The molecule has 20 heavy (non-hydrogen) atoms. The van der Waals surface area contributed by atoms with Crippen molar-refractivity contribution >= 4 is 5.91 Å². The standard InChI is InChI=1S/C14H23F3N2O/c1-18(13(20)10-14(15,16)17)11-6-2-3-7-12(11)19-8-4-5-9-19/h11-12H,2-10H2,1H3. The lowest BCUT2D eigenvalue weighted by Crippen LogP contribution is -2.53. The molecule has 2 aliphatic rings. The fourth-order valence-electron chi connectivity index (χ4n) is 3.52. The van der Waals surface area contributed by atoms with Crippen LogP contribution in [0.1, 0.15) is 44.9 Å². The molecular formula is C14H23F3N2O. The predicted molar refractivity (Wildman–Crippen MR) is 70.3 cm³/mol. The first-order chi connectivity index (χ1) is 9.38. The molecular weight excluding hydrogens is 269 g/mol. The quantitative estimate of drug-likeness (QED) is 0.798. The number of likely N-dealkylation sites (N-methyl/N-ethyl adjacent to an activating group) is 1. The van der Waals surface area contributed by atoms with Crippen LogP contribution in [0, 0.1) is 0 Å². The van der Waals surface area contributed by atoms with Crippen molar-refractivity contribution in [3.63, 3.8) is 0 Å². The Morgan fingerprint density at radius 3 is 2.35 bits per heavy atom. The molecule has 3 nitrogen and oxygen atoms in total. The van der Waals surface area contributed by atoms with Gasteiger partial charge in [-0.1, -0.05) is 12.8 Å². The number of rotatable bonds is 3. The highest BCUT2D eigenvalue weighted by Crippen LogP contribution is 2.30. The van der Waals surface area contributed by atoms with Crippen LogP contribution in [-0.4, -0.2) is 54.1 Å². The van der Waals surface area contributed by atoms with Crippen molar-refractivity contribution in [3.05, 3.63) is 0 Å². The maximum atomic E-state index is 12.4. The number of alkyl halides is 3. The van der Waals surface area contributed by atoms with Crippen LogP contribution in [0.15, 0.2) is 0 Å². The van der Waals surface area contributed by atoms with Gasteiger partial charge in [0.05, 0.1) is 0 Å². The molecule has 0 aromatic heterocycles. The van der Waals surface area contributed by atoms with E-state index in [-0.39, 0.29) is 12.1 Å². The highest BCUT2D eigenvalue weighted by Gasteiger charge is 2.39. The summed E-state index contributed by atoms with van der Waals surface area (Å²) < 4.78 is 37.1. The molecule has 2 rings (SSSR count). The summed E-state index contributed by atoms with van der Waals surface area (Å²) in [7, 11) is 1.53. The third kappa shape index (κ3) is 3.87. The second-order valence-electron chi connectivity index (χ2n) is 5.96. The summed E-state index contributed by atoms with van der Waals surface area (Å²) >= 11 is 0. The van der Waals surface area contributed by atoms with Crippen molar-refractivity contribution in [2.75, 3.05) is 20.1 Å². The summed E-state index contributed by atoms with van der Waals surface area (Å²) in [6, 6.07) is 0.185. The lowest BCUT2D eigenvalue weighted by molar-refractivity contribution is -0.163. The minimum absolute atomic E-state index is 0.0586. The van der Waals surface area contributed by atoms with E-state index in [4.69, 9.17) is 0 Å². The number of halogens is 3. The van der Waals surface area contributed by atoms with E-state index in [0.29, 0.717) is 0 Å². The Bertz CT molecular complexity index is 340. The van der Waals surface area contributed by atoms with E-state index in [1.54, 1.807) is 0 Å². The molecule has 1 saturated heterocycles. The Kier molecular flexibility index (Phi) is 4.94. The Labute approximate surface area is 118 Å². The molecule has 0 aromatic rings. The minimum Gasteiger partial charge on any atom is -0.341 e. The van der Waals surface area contributed by atoms with Crippen LogP contribution in [0.3, 0.4) is 0 Å². The molecule has 0 radical (unpaired) electrons. The van der Waals surface area contributed by atoms with Gasteiger partial charge in [-0.25, -0.2) is 0 Å². The number of hydrogen-bond acceptors (Lipinski definition) is 2. The normalized spacial score (nSPS) is 28.6. The van der Waals surface area contributed by atoms with Crippen LogP contribution < -0.4 is 0 Å². The van der Waals surface area contributed by atoms with Gasteiger partial charge < -0.3 is 4.90 Å². The summed E-state index contributed by atoms with van der Waals surface area (Å²) in [6.07, 6.45) is 0.482. The average Bonchev–Trinajstić information content (AvgIpc) is 2.89. The van der Waals surface area contributed by atoms with Crippen molar-refractivity contribution in [3.8, 4) is 0 Å². The van der Waals surface area contributed by atoms with Crippen molar-refractivity contribution in [2.24, 2.45) is 0 Å². The second-order valence-corrected chi connectivity index (χ2v) is 5.96. The fraction of sp³-hybridized carbons (Fsp3) is 0.929. The maximum absolute atomic E-state index is 12.4. The third-order valence-electron chi connectivity index (χ3n) is 4.55. The van der Waals surface area contributed by atoms with Gasteiger partial charge in [-0.2, -0.15) is 13.2 Å². The molecule has 2 fully saturated rings. The number of carbonyl (C=O) groups is 1. The number of likely N-dealkylation sites (tertiary alicyclic amines) is 1. The molecule has 1 aliphatic heterocycles. The Hall–Kier alpha value is -0.780. The zero-order chi connectivity index (χ0) is 14.8. The Morgan fingerprint density at radius 2 is 1.75 bits per heavy atom. The van der Waals surface area contributed by atoms with Gasteiger partial charge in [-0.3, -0.25) is 9.69 Å². The van der Waals surface area contributed by atoms with E-state index in [0.717, 1.165) is 51.6 Å². The Balaban J connectivity index is 2.01. The Morgan fingerprint density at radius 1 is 1.15 bits per heavy atom. The van der Waals surface area contributed by atoms with Gasteiger partial charge >= 0.3 is 6.18 Å². The SMILES string of the molecule is CN(C(=O)CC(F)(F)F)C1CCCCC1N1CCCC1. The van der Waals surface area contributed by atoms with Gasteiger partial charge in [0.2, 0.25) is 5.91 Å². The van der Waals surface area contributed by atoms with Crippen molar-refractivity contribution < 1.29 is 18.0 Å². The molecule has 0 bridgehead atoms. The summed E-state index contributed by atoms with van der Waals surface area (Å²) in [5.74, 6) is -0.798. The van der Waals surface area contributed by atoms with E-state index < -0.39 is 18.5 Å². The lowest BCUT2D eigenvalue weighted by atomic mass is 9.88. The third-order valence-corrected chi connectivity index (χ3v) is 4.55. The zero-order valence-corrected chi connectivity index (χ0v) is 12.0. The molecule has 1 aliphatic carbocycles. The van der Waals surface area contributed by atoms with E-state index in [9.17, 15) is 18.0 Å². The highest BCUT2D eigenvalue weighted by molar-refractivity contribution is 5.77. The van der Waals surface area contributed by atoms with E-state index in [1.165, 1.54) is 11.9 Å². The molecule has 6 heteroatoms. The first-order valence-corrected chi connectivity index (χ1v) is 7.45. The molecule has 1 saturated carbocycles. The van der Waals surface area contributed by atoms with Crippen LogP contribution in [0.5, 0.6) is 0 Å². The first kappa shape index (κ1) is 15.6. The number of hydrogen-bond donors (Lipinski definition) is 0. The fourth-order valence-corrected chi connectivity index (χ4v) is 3.52. The lowest BCUT2D eigenvalue weighted by Gasteiger charge is -2.42. The second kappa shape index (κ2) is 6.33. The van der Waals surface area contributed by atoms with Crippen LogP contribution in [0.4, 0.5) is 13.2 Å². The molecule has 1 amide bonds. The van der Waals surface area contributed by atoms with E-state index in [2.05, 4.69) is 4.90 Å². The molecule has 116 valence electrons. The number of amides is 1. The summed E-state index contributed by atoms with van der Waals surface area (Å²) in [6.45, 7) is 2.03. The molecule has 0 N–H and O–H groups in total. The first-order valence-electron chi connectivity index (χ1n) is 7.45. The van der Waals surface area contributed by atoms with E-state index >= 15 is 0 Å². The van der Waals surface area contributed by atoms with Gasteiger partial charge in [-0.15, -0.1) is 0 Å². The highest BCUT2D eigenvalue weighted by atomic mass is 19.4. The summed E-state index contributed by atoms with van der Waals surface area (Å²) in [5, 5.41) is 0. The molecule has 0 spiro atoms. The molecule has 2 atom stereocenters. The molecule has 2 unspecified atom stereocenters.